The number of nitrogens with zero attached hydrogens (tertiary/aromatic N) is 2. The lowest BCUT2D eigenvalue weighted by Crippen LogP contribution is -2.40. The van der Waals surface area contributed by atoms with Crippen molar-refractivity contribution in [2.24, 2.45) is 5.92 Å². The van der Waals surface area contributed by atoms with Crippen LogP contribution >= 0.6 is 0 Å². The zero-order chi connectivity index (χ0) is 19.1. The molecule has 1 aromatic carbocycles. The van der Waals surface area contributed by atoms with E-state index in [4.69, 9.17) is 5.11 Å². The summed E-state index contributed by atoms with van der Waals surface area (Å²) in [6.45, 7) is 2.53. The third-order valence-electron chi connectivity index (χ3n) is 4.03. The molecule has 1 heterocycles. The lowest BCUT2D eigenvalue weighted by atomic mass is 10.1. The minimum atomic E-state index is -0.933. The molecule has 0 aliphatic heterocycles. The largest absolute Gasteiger partial charge is 0.481 e. The van der Waals surface area contributed by atoms with Crippen LogP contribution < -0.4 is 10.9 Å². The van der Waals surface area contributed by atoms with Crippen LogP contribution in [0.15, 0.2) is 53.5 Å². The van der Waals surface area contributed by atoms with E-state index in [1.54, 1.807) is 30.8 Å². The predicted octanol–water partition coefficient (Wildman–Crippen LogP) is 1.76. The molecule has 2 rings (SSSR count). The van der Waals surface area contributed by atoms with Crippen LogP contribution in [0, 0.1) is 5.92 Å². The van der Waals surface area contributed by atoms with Gasteiger partial charge in [-0.1, -0.05) is 37.3 Å². The third kappa shape index (κ3) is 5.47. The summed E-state index contributed by atoms with van der Waals surface area (Å²) in [5.41, 5.74) is 1.85. The molecular weight excluding hydrogens is 334 g/mol. The van der Waals surface area contributed by atoms with Gasteiger partial charge in [0.1, 0.15) is 0 Å². The lowest BCUT2D eigenvalue weighted by molar-refractivity contribution is -0.141. The Bertz CT molecular complexity index is 814. The monoisotopic (exact) mass is 357 g/mol. The molecule has 1 unspecified atom stereocenters. The Labute approximate surface area is 151 Å². The maximum atomic E-state index is 12.0. The first-order chi connectivity index (χ1) is 12.4. The molecule has 0 aliphatic rings. The lowest BCUT2D eigenvalue weighted by Gasteiger charge is -2.20. The van der Waals surface area contributed by atoms with Crippen LogP contribution in [0.3, 0.4) is 0 Å². The first-order valence-electron chi connectivity index (χ1n) is 8.32. The fourth-order valence-electron chi connectivity index (χ4n) is 2.43. The van der Waals surface area contributed by atoms with E-state index in [-0.39, 0.29) is 18.1 Å². The van der Waals surface area contributed by atoms with E-state index in [0.29, 0.717) is 13.1 Å². The molecule has 0 bridgehead atoms. The number of carbonyl (C=O) groups excluding carboxylic acids is 1. The minimum absolute atomic E-state index is 0.0533. The van der Waals surface area contributed by atoms with Crippen LogP contribution in [-0.2, 0) is 17.9 Å². The second kappa shape index (κ2) is 8.84. The number of aliphatic carboxylic acids is 1. The van der Waals surface area contributed by atoms with Crippen LogP contribution in [0.1, 0.15) is 18.1 Å². The highest BCUT2D eigenvalue weighted by Gasteiger charge is 2.16. The van der Waals surface area contributed by atoms with Crippen molar-refractivity contribution in [2.75, 3.05) is 13.6 Å². The van der Waals surface area contributed by atoms with Crippen molar-refractivity contribution in [3.8, 4) is 0 Å². The van der Waals surface area contributed by atoms with Crippen molar-refractivity contribution in [1.29, 1.82) is 0 Å². The van der Waals surface area contributed by atoms with Gasteiger partial charge in [-0.05, 0) is 17.2 Å². The average Bonchev–Trinajstić information content (AvgIpc) is 2.62. The van der Waals surface area contributed by atoms with E-state index in [9.17, 15) is 14.4 Å². The van der Waals surface area contributed by atoms with Crippen molar-refractivity contribution in [1.82, 2.24) is 14.8 Å². The number of carboxylic acid groups (broad SMARTS) is 1. The zero-order valence-electron chi connectivity index (χ0n) is 14.9. The van der Waals surface area contributed by atoms with Gasteiger partial charge in [0.15, 0.2) is 0 Å². The molecular formula is C19H23N3O4. The quantitative estimate of drug-likeness (QED) is 0.790. The van der Waals surface area contributed by atoms with Crippen LogP contribution in [0.5, 0.6) is 0 Å². The highest BCUT2D eigenvalue weighted by Crippen LogP contribution is 2.06. The fourth-order valence-corrected chi connectivity index (χ4v) is 2.43. The maximum absolute atomic E-state index is 12.0. The molecule has 7 heteroatoms. The first-order valence-corrected chi connectivity index (χ1v) is 8.32. The SMILES string of the molecule is CC(CN(C)C(=O)NCc1ccc(Cn2ccccc2=O)cc1)C(=O)O. The molecule has 2 aromatic rings. The summed E-state index contributed by atoms with van der Waals surface area (Å²) < 4.78 is 1.62. The zero-order valence-corrected chi connectivity index (χ0v) is 14.9. The number of benzene rings is 1. The van der Waals surface area contributed by atoms with Gasteiger partial charge in [0.05, 0.1) is 12.5 Å². The topological polar surface area (TPSA) is 91.6 Å². The number of carbonyl (C=O) groups is 2. The Morgan fingerprint density at radius 3 is 2.42 bits per heavy atom. The standard InChI is InChI=1S/C19H23N3O4/c1-14(18(24)25)12-21(2)19(26)20-11-15-6-8-16(9-7-15)13-22-10-4-3-5-17(22)23/h3-10,14H,11-13H2,1-2H3,(H,20,26)(H,24,25). The summed E-state index contributed by atoms with van der Waals surface area (Å²) in [4.78, 5) is 35.9. The van der Waals surface area contributed by atoms with Crippen molar-refractivity contribution < 1.29 is 14.7 Å². The predicted molar refractivity (Wildman–Crippen MR) is 97.9 cm³/mol. The second-order valence-electron chi connectivity index (χ2n) is 6.26. The molecule has 1 atom stereocenters. The van der Waals surface area contributed by atoms with Crippen molar-refractivity contribution in [3.05, 3.63) is 70.1 Å². The number of aromatic nitrogens is 1. The van der Waals surface area contributed by atoms with E-state index in [1.165, 1.54) is 11.0 Å². The summed E-state index contributed by atoms with van der Waals surface area (Å²) >= 11 is 0. The minimum Gasteiger partial charge on any atom is -0.481 e. The van der Waals surface area contributed by atoms with Crippen LogP contribution in [-0.4, -0.2) is 40.2 Å². The molecule has 0 saturated heterocycles. The Kier molecular flexibility index (Phi) is 6.54. The molecule has 0 saturated carbocycles. The average molecular weight is 357 g/mol. The van der Waals surface area contributed by atoms with Crippen molar-refractivity contribution in [2.45, 2.75) is 20.0 Å². The van der Waals surface area contributed by atoms with Gasteiger partial charge in [0.25, 0.3) is 5.56 Å². The number of urea groups is 1. The Morgan fingerprint density at radius 1 is 1.15 bits per heavy atom. The van der Waals surface area contributed by atoms with E-state index >= 15 is 0 Å². The van der Waals surface area contributed by atoms with Gasteiger partial charge in [0, 0.05) is 32.4 Å². The van der Waals surface area contributed by atoms with Gasteiger partial charge < -0.3 is 19.9 Å². The normalized spacial score (nSPS) is 11.6. The molecule has 0 radical (unpaired) electrons. The van der Waals surface area contributed by atoms with Crippen molar-refractivity contribution in [3.63, 3.8) is 0 Å². The number of hydrogen-bond donors (Lipinski definition) is 2. The molecule has 0 spiro atoms. The number of hydrogen-bond acceptors (Lipinski definition) is 3. The van der Waals surface area contributed by atoms with Gasteiger partial charge >= 0.3 is 12.0 Å². The van der Waals surface area contributed by atoms with Gasteiger partial charge in [-0.2, -0.15) is 0 Å². The third-order valence-corrected chi connectivity index (χ3v) is 4.03. The molecule has 0 aliphatic carbocycles. The smallest absolute Gasteiger partial charge is 0.317 e. The van der Waals surface area contributed by atoms with Gasteiger partial charge in [0.2, 0.25) is 0 Å². The Hall–Kier alpha value is -3.09. The molecule has 0 fully saturated rings. The van der Waals surface area contributed by atoms with E-state index < -0.39 is 11.9 Å². The first kappa shape index (κ1) is 19.2. The number of rotatable bonds is 7. The number of amides is 2. The number of carboxylic acids is 1. The maximum Gasteiger partial charge on any atom is 0.317 e. The van der Waals surface area contributed by atoms with E-state index in [1.807, 2.05) is 30.3 Å². The van der Waals surface area contributed by atoms with Crippen LogP contribution in [0.2, 0.25) is 0 Å². The summed E-state index contributed by atoms with van der Waals surface area (Å²) in [6, 6.07) is 12.3. The molecule has 1 aromatic heterocycles. The fraction of sp³-hybridized carbons (Fsp3) is 0.316. The summed E-state index contributed by atoms with van der Waals surface area (Å²) in [7, 11) is 1.56. The van der Waals surface area contributed by atoms with E-state index in [0.717, 1.165) is 11.1 Å². The number of nitrogens with one attached hydrogen (secondary N) is 1. The number of pyridine rings is 1. The molecule has 138 valence electrons. The molecule has 2 amide bonds. The molecule has 7 nitrogen and oxygen atoms in total. The Balaban J connectivity index is 1.87. The summed E-state index contributed by atoms with van der Waals surface area (Å²) in [5, 5.41) is 11.6. The van der Waals surface area contributed by atoms with Gasteiger partial charge in [-0.15, -0.1) is 0 Å². The van der Waals surface area contributed by atoms with Crippen molar-refractivity contribution >= 4 is 12.0 Å². The van der Waals surface area contributed by atoms with Gasteiger partial charge in [-0.25, -0.2) is 4.79 Å². The van der Waals surface area contributed by atoms with Crippen LogP contribution in [0.4, 0.5) is 4.79 Å². The van der Waals surface area contributed by atoms with Crippen LogP contribution in [0.25, 0.3) is 0 Å². The summed E-state index contributed by atoms with van der Waals surface area (Å²) in [6.07, 6.45) is 1.74. The summed E-state index contributed by atoms with van der Waals surface area (Å²) in [5.74, 6) is -1.55. The molecule has 26 heavy (non-hydrogen) atoms. The molecule has 2 N–H and O–H groups in total. The Morgan fingerprint density at radius 2 is 1.81 bits per heavy atom. The highest BCUT2D eigenvalue weighted by molar-refractivity contribution is 5.75. The van der Waals surface area contributed by atoms with Gasteiger partial charge in [-0.3, -0.25) is 9.59 Å². The highest BCUT2D eigenvalue weighted by atomic mass is 16.4. The van der Waals surface area contributed by atoms with E-state index in [2.05, 4.69) is 5.32 Å². The second-order valence-corrected chi connectivity index (χ2v) is 6.26.